The molecule has 0 saturated carbocycles. The van der Waals surface area contributed by atoms with Gasteiger partial charge < -0.3 is 4.90 Å². The summed E-state index contributed by atoms with van der Waals surface area (Å²) in [5.74, 6) is 0.0571. The lowest BCUT2D eigenvalue weighted by atomic mass is 9.99. The minimum Gasteiger partial charge on any atom is -0.331 e. The molecule has 158 valence electrons. The maximum atomic E-state index is 12.8. The number of hydrogen-bond donors (Lipinski definition) is 0. The summed E-state index contributed by atoms with van der Waals surface area (Å²) >= 11 is 6.10. The number of carbonyl (C=O) groups excluding carboxylic acids is 1. The van der Waals surface area contributed by atoms with Gasteiger partial charge in [-0.25, -0.2) is 0 Å². The van der Waals surface area contributed by atoms with E-state index in [1.165, 1.54) is 6.42 Å². The highest BCUT2D eigenvalue weighted by Crippen LogP contribution is 2.36. The van der Waals surface area contributed by atoms with Gasteiger partial charge in [-0.15, -0.1) is 0 Å². The third-order valence-corrected chi connectivity index (χ3v) is 6.20. The Morgan fingerprint density at radius 2 is 1.77 bits per heavy atom. The van der Waals surface area contributed by atoms with E-state index in [1.54, 1.807) is 18.5 Å². The number of likely N-dealkylation sites (tertiary alicyclic amines) is 1. The van der Waals surface area contributed by atoms with Gasteiger partial charge in [-0.05, 0) is 49.3 Å². The maximum Gasteiger partial charge on any atom is 0.246 e. The fourth-order valence-corrected chi connectivity index (χ4v) is 4.24. The van der Waals surface area contributed by atoms with Gasteiger partial charge in [0.25, 0.3) is 0 Å². The average molecular weight is 434 g/mol. The smallest absolute Gasteiger partial charge is 0.246 e. The molecule has 0 radical (unpaired) electrons. The molecule has 2 aliphatic rings. The summed E-state index contributed by atoms with van der Waals surface area (Å²) in [5.41, 5.74) is 5.05. The Bertz CT molecular complexity index is 1100. The van der Waals surface area contributed by atoms with Crippen LogP contribution in [-0.4, -0.2) is 56.7 Å². The highest BCUT2D eigenvalue weighted by Gasteiger charge is 2.27. The number of pyridine rings is 1. The van der Waals surface area contributed by atoms with Gasteiger partial charge >= 0.3 is 0 Å². The molecule has 1 fully saturated rings. The molecule has 0 aliphatic carbocycles. The Hall–Kier alpha value is -2.96. The molecule has 7 heteroatoms. The van der Waals surface area contributed by atoms with Crippen LogP contribution in [0.15, 0.2) is 60.9 Å². The van der Waals surface area contributed by atoms with Crippen LogP contribution < -0.4 is 0 Å². The second-order valence-corrected chi connectivity index (χ2v) is 8.39. The van der Waals surface area contributed by atoms with E-state index in [2.05, 4.69) is 9.88 Å². The van der Waals surface area contributed by atoms with Crippen molar-refractivity contribution in [2.24, 2.45) is 0 Å². The molecule has 1 amide bonds. The van der Waals surface area contributed by atoms with Crippen LogP contribution in [0.5, 0.6) is 0 Å². The fourth-order valence-electron chi connectivity index (χ4n) is 4.11. The van der Waals surface area contributed by atoms with Crippen LogP contribution in [0.1, 0.15) is 12.1 Å². The third kappa shape index (κ3) is 4.13. The Morgan fingerprint density at radius 1 is 1.00 bits per heavy atom. The van der Waals surface area contributed by atoms with E-state index in [0.717, 1.165) is 47.7 Å². The topological polar surface area (TPSA) is 54.3 Å². The van der Waals surface area contributed by atoms with Crippen LogP contribution in [0.4, 0.5) is 0 Å². The largest absolute Gasteiger partial charge is 0.331 e. The number of halogens is 1. The molecular formula is C24H24ClN5O. The van der Waals surface area contributed by atoms with Gasteiger partial charge in [-0.2, -0.15) is 5.10 Å². The zero-order valence-corrected chi connectivity index (χ0v) is 18.0. The predicted octanol–water partition coefficient (Wildman–Crippen LogP) is 3.87. The van der Waals surface area contributed by atoms with Crippen LogP contribution in [0.25, 0.3) is 22.4 Å². The first-order valence-electron chi connectivity index (χ1n) is 10.6. The van der Waals surface area contributed by atoms with Gasteiger partial charge in [0.05, 0.1) is 18.8 Å². The number of aromatic nitrogens is 3. The van der Waals surface area contributed by atoms with E-state index >= 15 is 0 Å². The number of fused-ring (bicyclic) bond motifs is 1. The lowest BCUT2D eigenvalue weighted by Gasteiger charge is -2.29. The number of amides is 1. The molecule has 0 bridgehead atoms. The second-order valence-electron chi connectivity index (χ2n) is 7.95. The average Bonchev–Trinajstić information content (AvgIpc) is 3.15. The highest BCUT2D eigenvalue weighted by molar-refractivity contribution is 6.30. The van der Waals surface area contributed by atoms with E-state index in [4.69, 9.17) is 16.7 Å². The number of hydrogen-bond acceptors (Lipinski definition) is 4. The van der Waals surface area contributed by atoms with E-state index in [9.17, 15) is 4.79 Å². The monoisotopic (exact) mass is 433 g/mol. The Balaban J connectivity index is 1.46. The standard InChI is InChI=1S/C24H24ClN5O/c25-20-6-4-19(5-7-20)24-23(18-8-10-26-11-9-18)21-17-29(15-16-30(21)27-24)22(31)3-1-12-28-13-2-14-28/h1,3-11H,2,12-17H2/b3-1+. The van der Waals surface area contributed by atoms with Crippen molar-refractivity contribution in [3.05, 3.63) is 71.7 Å². The van der Waals surface area contributed by atoms with Crippen molar-refractivity contribution in [3.8, 4) is 22.4 Å². The molecule has 2 aliphatic heterocycles. The summed E-state index contributed by atoms with van der Waals surface area (Å²) in [6, 6.07) is 11.7. The van der Waals surface area contributed by atoms with Crippen LogP contribution in [0, 0.1) is 0 Å². The van der Waals surface area contributed by atoms with Crippen molar-refractivity contribution in [2.75, 3.05) is 26.2 Å². The Morgan fingerprint density at radius 3 is 2.48 bits per heavy atom. The summed E-state index contributed by atoms with van der Waals surface area (Å²) < 4.78 is 2.03. The first kappa shape index (κ1) is 20.0. The second kappa shape index (κ2) is 8.65. The molecule has 4 heterocycles. The summed E-state index contributed by atoms with van der Waals surface area (Å²) in [7, 11) is 0. The highest BCUT2D eigenvalue weighted by atomic mass is 35.5. The number of nitrogens with zero attached hydrogens (tertiary/aromatic N) is 5. The molecule has 1 saturated heterocycles. The minimum absolute atomic E-state index is 0.0571. The van der Waals surface area contributed by atoms with Crippen LogP contribution >= 0.6 is 11.6 Å². The summed E-state index contributed by atoms with van der Waals surface area (Å²) in [5, 5.41) is 5.61. The minimum atomic E-state index is 0.0571. The lowest BCUT2D eigenvalue weighted by molar-refractivity contribution is -0.127. The zero-order valence-electron chi connectivity index (χ0n) is 17.2. The summed E-state index contributed by atoms with van der Waals surface area (Å²) in [6.45, 7) is 4.96. The number of carbonyl (C=O) groups is 1. The quantitative estimate of drug-likeness (QED) is 0.573. The summed E-state index contributed by atoms with van der Waals surface area (Å²) in [4.78, 5) is 21.2. The maximum absolute atomic E-state index is 12.8. The third-order valence-electron chi connectivity index (χ3n) is 5.95. The molecule has 2 aromatic heterocycles. The van der Waals surface area contributed by atoms with Crippen LogP contribution in [0.3, 0.4) is 0 Å². The summed E-state index contributed by atoms with van der Waals surface area (Å²) in [6.07, 6.45) is 8.53. The van der Waals surface area contributed by atoms with Crippen molar-refractivity contribution in [1.29, 1.82) is 0 Å². The van der Waals surface area contributed by atoms with Crippen molar-refractivity contribution in [3.63, 3.8) is 0 Å². The molecule has 0 atom stereocenters. The van der Waals surface area contributed by atoms with Gasteiger partial charge in [0, 0.05) is 47.7 Å². The van der Waals surface area contributed by atoms with Crippen LogP contribution in [-0.2, 0) is 17.9 Å². The molecule has 6 nitrogen and oxygen atoms in total. The molecule has 3 aromatic rings. The van der Waals surface area contributed by atoms with Gasteiger partial charge in [-0.3, -0.25) is 19.4 Å². The predicted molar refractivity (Wildman–Crippen MR) is 122 cm³/mol. The number of benzene rings is 1. The Labute approximate surface area is 186 Å². The van der Waals surface area contributed by atoms with E-state index in [1.807, 2.05) is 52.1 Å². The first-order chi connectivity index (χ1) is 15.2. The molecule has 0 unspecified atom stereocenters. The van der Waals surface area contributed by atoms with E-state index in [-0.39, 0.29) is 5.91 Å². The first-order valence-corrected chi connectivity index (χ1v) is 11.0. The lowest BCUT2D eigenvalue weighted by Crippen LogP contribution is -2.38. The van der Waals surface area contributed by atoms with Gasteiger partial charge in [0.2, 0.25) is 5.91 Å². The number of rotatable bonds is 5. The molecule has 0 spiro atoms. The molecular weight excluding hydrogens is 410 g/mol. The normalized spacial score (nSPS) is 16.4. The zero-order chi connectivity index (χ0) is 21.2. The fraction of sp³-hybridized carbons (Fsp3) is 0.292. The van der Waals surface area contributed by atoms with Crippen molar-refractivity contribution < 1.29 is 4.79 Å². The van der Waals surface area contributed by atoms with Gasteiger partial charge in [0.1, 0.15) is 5.69 Å². The molecule has 31 heavy (non-hydrogen) atoms. The van der Waals surface area contributed by atoms with E-state index in [0.29, 0.717) is 24.7 Å². The van der Waals surface area contributed by atoms with Gasteiger partial charge in [-0.1, -0.05) is 29.8 Å². The van der Waals surface area contributed by atoms with Crippen molar-refractivity contribution in [1.82, 2.24) is 24.6 Å². The van der Waals surface area contributed by atoms with Crippen molar-refractivity contribution in [2.45, 2.75) is 19.5 Å². The van der Waals surface area contributed by atoms with E-state index < -0.39 is 0 Å². The van der Waals surface area contributed by atoms with Crippen LogP contribution in [0.2, 0.25) is 5.02 Å². The molecule has 0 N–H and O–H groups in total. The molecule has 1 aromatic carbocycles. The van der Waals surface area contributed by atoms with Crippen molar-refractivity contribution >= 4 is 17.5 Å². The Kier molecular flexibility index (Phi) is 5.57. The molecule has 5 rings (SSSR count). The van der Waals surface area contributed by atoms with Gasteiger partial charge in [0.15, 0.2) is 0 Å². The SMILES string of the molecule is O=C(/C=C/CN1CCC1)N1CCn2nc(-c3ccc(Cl)cc3)c(-c3ccncc3)c2C1.